The molecule has 0 spiro atoms. The van der Waals surface area contributed by atoms with E-state index >= 15 is 0 Å². The molecule has 0 saturated heterocycles. The molecule has 0 saturated carbocycles. The van der Waals surface area contributed by atoms with Crippen LogP contribution in [0.3, 0.4) is 0 Å². The van der Waals surface area contributed by atoms with Crippen molar-refractivity contribution in [2.75, 3.05) is 0 Å². The van der Waals surface area contributed by atoms with Crippen molar-refractivity contribution < 1.29 is 26.3 Å². The molecule has 202 valence electrons. The van der Waals surface area contributed by atoms with Crippen LogP contribution in [0.5, 0.6) is 0 Å². The molecule has 8 heteroatoms. The Kier molecular flexibility index (Phi) is 6.21. The van der Waals surface area contributed by atoms with Crippen LogP contribution in [0.25, 0.3) is 32.9 Å². The Morgan fingerprint density at radius 1 is 0.450 bits per heavy atom. The molecule has 0 radical (unpaired) electrons. The summed E-state index contributed by atoms with van der Waals surface area (Å²) in [7, 11) is 0. The van der Waals surface area contributed by atoms with Gasteiger partial charge in [-0.25, -0.2) is 0 Å². The number of hydrogen-bond donors (Lipinski definition) is 0. The van der Waals surface area contributed by atoms with E-state index in [9.17, 15) is 26.3 Å². The van der Waals surface area contributed by atoms with Gasteiger partial charge in [-0.05, 0) is 81.6 Å². The summed E-state index contributed by atoms with van der Waals surface area (Å²) in [5.41, 5.74) is 4.05. The van der Waals surface area contributed by atoms with Crippen LogP contribution in [0.2, 0.25) is 0 Å². The van der Waals surface area contributed by atoms with Crippen molar-refractivity contribution >= 4 is 21.8 Å². The van der Waals surface area contributed by atoms with Gasteiger partial charge in [-0.1, -0.05) is 48.5 Å². The number of halogens is 6. The summed E-state index contributed by atoms with van der Waals surface area (Å²) in [5.74, 6) is 0. The van der Waals surface area contributed by atoms with Gasteiger partial charge >= 0.3 is 12.4 Å². The fourth-order valence-corrected chi connectivity index (χ4v) is 4.99. The monoisotopic (exact) mass is 548 g/mol. The normalized spacial score (nSPS) is 12.4. The molecule has 4 aromatic carbocycles. The molecule has 6 rings (SSSR count). The quantitative estimate of drug-likeness (QED) is 0.190. The van der Waals surface area contributed by atoms with Gasteiger partial charge < -0.3 is 9.13 Å². The molecule has 2 heterocycles. The Balaban J connectivity index is 1.28. The zero-order valence-corrected chi connectivity index (χ0v) is 21.0. The van der Waals surface area contributed by atoms with Gasteiger partial charge in [0, 0.05) is 36.5 Å². The van der Waals surface area contributed by atoms with Crippen molar-refractivity contribution in [3.8, 4) is 11.1 Å². The molecular formula is C32H22F6N2. The third-order valence-electron chi connectivity index (χ3n) is 7.15. The smallest absolute Gasteiger partial charge is 0.343 e. The first-order chi connectivity index (χ1) is 19.0. The number of hydrogen-bond acceptors (Lipinski definition) is 0. The highest BCUT2D eigenvalue weighted by Crippen LogP contribution is 2.32. The Morgan fingerprint density at radius 3 is 1.18 bits per heavy atom. The fourth-order valence-electron chi connectivity index (χ4n) is 4.99. The molecule has 0 aliphatic heterocycles. The minimum absolute atomic E-state index is 0.431. The molecule has 0 aliphatic carbocycles. The molecule has 0 bridgehead atoms. The summed E-state index contributed by atoms with van der Waals surface area (Å²) in [4.78, 5) is 0. The second kappa shape index (κ2) is 9.62. The molecule has 0 aliphatic rings. The SMILES string of the molecule is FC(F)(F)c1ccc(Cn2ccc3ccc(-c4ccc5ccn(Cc6ccc(C(F)(F)F)cc6)c5c4)cc32)cc1. The van der Waals surface area contributed by atoms with E-state index in [1.54, 1.807) is 0 Å². The maximum Gasteiger partial charge on any atom is 0.416 e. The van der Waals surface area contributed by atoms with Crippen LogP contribution in [0.1, 0.15) is 22.3 Å². The first-order valence-electron chi connectivity index (χ1n) is 12.5. The van der Waals surface area contributed by atoms with E-state index in [0.717, 1.165) is 68.3 Å². The Bertz CT molecular complexity index is 1670. The topological polar surface area (TPSA) is 9.86 Å². The lowest BCUT2D eigenvalue weighted by molar-refractivity contribution is -0.138. The highest BCUT2D eigenvalue weighted by molar-refractivity contribution is 5.89. The average Bonchev–Trinajstić information content (AvgIpc) is 3.51. The van der Waals surface area contributed by atoms with Crippen LogP contribution in [0.4, 0.5) is 26.3 Å². The van der Waals surface area contributed by atoms with E-state index in [-0.39, 0.29) is 0 Å². The third-order valence-corrected chi connectivity index (χ3v) is 7.15. The van der Waals surface area contributed by atoms with Crippen LogP contribution >= 0.6 is 0 Å². The molecular weight excluding hydrogens is 526 g/mol. The van der Waals surface area contributed by atoms with Crippen LogP contribution < -0.4 is 0 Å². The van der Waals surface area contributed by atoms with Gasteiger partial charge in [0.1, 0.15) is 0 Å². The van der Waals surface area contributed by atoms with E-state index in [0.29, 0.717) is 13.1 Å². The highest BCUT2D eigenvalue weighted by Gasteiger charge is 2.30. The lowest BCUT2D eigenvalue weighted by atomic mass is 10.0. The number of fused-ring (bicyclic) bond motifs is 2. The molecule has 40 heavy (non-hydrogen) atoms. The first-order valence-corrected chi connectivity index (χ1v) is 12.5. The molecule has 0 N–H and O–H groups in total. The molecule has 0 unspecified atom stereocenters. The van der Waals surface area contributed by atoms with Crippen molar-refractivity contribution in [3.05, 3.63) is 132 Å². The standard InChI is InChI=1S/C32H22F6N2/c33-31(34,35)27-9-1-21(2-10-27)19-39-15-13-23-5-7-25(17-29(23)39)26-8-6-24-14-16-40(30(24)18-26)20-22-3-11-28(12-4-22)32(36,37)38/h1-18H,19-20H2. The molecule has 6 aromatic rings. The number of aromatic nitrogens is 2. The van der Waals surface area contributed by atoms with Crippen molar-refractivity contribution in [2.24, 2.45) is 0 Å². The Hall–Kier alpha value is -4.46. The highest BCUT2D eigenvalue weighted by atomic mass is 19.4. The van der Waals surface area contributed by atoms with E-state index in [1.807, 2.05) is 57.9 Å². The third kappa shape index (κ3) is 5.09. The van der Waals surface area contributed by atoms with Crippen molar-refractivity contribution in [3.63, 3.8) is 0 Å². The molecule has 2 aromatic heterocycles. The summed E-state index contributed by atoms with van der Waals surface area (Å²) in [6.07, 6.45) is -4.90. The largest absolute Gasteiger partial charge is 0.416 e. The summed E-state index contributed by atoms with van der Waals surface area (Å²) in [5, 5.41) is 2.03. The lowest BCUT2D eigenvalue weighted by Gasteiger charge is -2.11. The lowest BCUT2D eigenvalue weighted by Crippen LogP contribution is -2.05. The molecule has 0 amide bonds. The minimum atomic E-state index is -4.37. The summed E-state index contributed by atoms with van der Waals surface area (Å²) in [6.45, 7) is 0.861. The molecule has 0 fully saturated rings. The van der Waals surface area contributed by atoms with Gasteiger partial charge in [0.15, 0.2) is 0 Å². The van der Waals surface area contributed by atoms with Crippen LogP contribution in [-0.4, -0.2) is 9.13 Å². The van der Waals surface area contributed by atoms with Crippen LogP contribution in [-0.2, 0) is 25.4 Å². The summed E-state index contributed by atoms with van der Waals surface area (Å²) < 4.78 is 81.6. The van der Waals surface area contributed by atoms with E-state index in [4.69, 9.17) is 0 Å². The zero-order chi connectivity index (χ0) is 28.1. The minimum Gasteiger partial charge on any atom is -0.343 e. The fraction of sp³-hybridized carbons (Fsp3) is 0.125. The summed E-state index contributed by atoms with van der Waals surface area (Å²) in [6, 6.07) is 26.5. The number of benzene rings is 4. The number of alkyl halides is 6. The average molecular weight is 549 g/mol. The van der Waals surface area contributed by atoms with Gasteiger partial charge in [-0.2, -0.15) is 26.3 Å². The van der Waals surface area contributed by atoms with Crippen molar-refractivity contribution in [1.82, 2.24) is 9.13 Å². The van der Waals surface area contributed by atoms with Crippen molar-refractivity contribution in [1.29, 1.82) is 0 Å². The van der Waals surface area contributed by atoms with Crippen LogP contribution in [0.15, 0.2) is 109 Å². The Labute approximate surface area is 225 Å². The second-order valence-corrected chi connectivity index (χ2v) is 9.82. The van der Waals surface area contributed by atoms with Gasteiger partial charge in [0.25, 0.3) is 0 Å². The van der Waals surface area contributed by atoms with Gasteiger partial charge in [0.2, 0.25) is 0 Å². The van der Waals surface area contributed by atoms with E-state index < -0.39 is 23.5 Å². The van der Waals surface area contributed by atoms with Gasteiger partial charge in [-0.15, -0.1) is 0 Å². The zero-order valence-electron chi connectivity index (χ0n) is 21.0. The maximum absolute atomic E-state index is 12.9. The number of rotatable bonds is 5. The predicted octanol–water partition coefficient (Wildman–Crippen LogP) is 9.40. The predicted molar refractivity (Wildman–Crippen MR) is 144 cm³/mol. The van der Waals surface area contributed by atoms with E-state index in [2.05, 4.69) is 12.1 Å². The second-order valence-electron chi connectivity index (χ2n) is 9.82. The molecule has 0 atom stereocenters. The van der Waals surface area contributed by atoms with Gasteiger partial charge in [-0.3, -0.25) is 0 Å². The first kappa shape index (κ1) is 25.8. The van der Waals surface area contributed by atoms with Crippen molar-refractivity contribution in [2.45, 2.75) is 25.4 Å². The Morgan fingerprint density at radius 2 is 0.825 bits per heavy atom. The van der Waals surface area contributed by atoms with Crippen LogP contribution in [0, 0.1) is 0 Å². The summed E-state index contributed by atoms with van der Waals surface area (Å²) >= 11 is 0. The van der Waals surface area contributed by atoms with E-state index in [1.165, 1.54) is 24.3 Å². The number of nitrogens with zero attached hydrogens (tertiary/aromatic N) is 2. The van der Waals surface area contributed by atoms with Gasteiger partial charge in [0.05, 0.1) is 11.1 Å². The molecule has 2 nitrogen and oxygen atoms in total. The maximum atomic E-state index is 12.9.